The van der Waals surface area contributed by atoms with Crippen molar-refractivity contribution in [3.63, 3.8) is 0 Å². The van der Waals surface area contributed by atoms with Gasteiger partial charge in [0.1, 0.15) is 5.75 Å². The number of rotatable bonds is 5. The average molecular weight is 356 g/mol. The van der Waals surface area contributed by atoms with Crippen LogP contribution in [0.5, 0.6) is 5.75 Å². The second-order valence-corrected chi connectivity index (χ2v) is 8.31. The molecule has 0 amide bonds. The fourth-order valence-corrected chi connectivity index (χ4v) is 5.05. The third kappa shape index (κ3) is 3.52. The first-order valence-electron chi connectivity index (χ1n) is 7.85. The van der Waals surface area contributed by atoms with Crippen molar-refractivity contribution in [2.45, 2.75) is 32.5 Å². The van der Waals surface area contributed by atoms with E-state index in [0.717, 1.165) is 0 Å². The number of hydrogen-bond donors (Lipinski definition) is 0. The lowest BCUT2D eigenvalue weighted by Gasteiger charge is -2.28. The molecule has 0 unspecified atom stereocenters. The number of hydrogen-bond acceptors (Lipinski definition) is 7. The first kappa shape index (κ1) is 17.1. The number of non-ortho nitro benzene ring substituents is 1. The Balaban J connectivity index is 1.90. The summed E-state index contributed by atoms with van der Waals surface area (Å²) in [5, 5.41) is 11.2. The van der Waals surface area contributed by atoms with E-state index in [-0.39, 0.29) is 36.6 Å². The fourth-order valence-electron chi connectivity index (χ4n) is 3.28. The molecule has 9 heteroatoms. The molecule has 0 radical (unpaired) electrons. The highest BCUT2D eigenvalue weighted by atomic mass is 32.2. The van der Waals surface area contributed by atoms with E-state index in [4.69, 9.17) is 9.47 Å². The SMILES string of the molecule is CCN(Cc1cc([N+](=O)[O-])cc2c1OCOC2)[C@@H]1CCS(=O)(=O)C1. The number of fused-ring (bicyclic) bond motifs is 1. The Kier molecular flexibility index (Phi) is 4.75. The van der Waals surface area contributed by atoms with E-state index in [1.165, 1.54) is 12.1 Å². The first-order valence-corrected chi connectivity index (χ1v) is 9.67. The standard InChI is InChI=1S/C15H20N2O6S/c1-2-16(13-3-4-24(20,21)9-13)7-11-5-14(17(18)19)6-12-8-22-10-23-15(11)12/h5-6,13H,2-4,7-10H2,1H3/t13-/m1/s1. The van der Waals surface area contributed by atoms with Crippen LogP contribution in [0.1, 0.15) is 24.5 Å². The molecule has 0 spiro atoms. The Hall–Kier alpha value is -1.71. The van der Waals surface area contributed by atoms with Crippen LogP contribution in [0.2, 0.25) is 0 Å². The Morgan fingerprint density at radius 2 is 2.21 bits per heavy atom. The molecule has 1 saturated heterocycles. The second-order valence-electron chi connectivity index (χ2n) is 6.08. The van der Waals surface area contributed by atoms with Crippen molar-refractivity contribution in [3.05, 3.63) is 33.4 Å². The zero-order valence-corrected chi connectivity index (χ0v) is 14.3. The lowest BCUT2D eigenvalue weighted by molar-refractivity contribution is -0.385. The van der Waals surface area contributed by atoms with E-state index in [2.05, 4.69) is 0 Å². The fraction of sp³-hybridized carbons (Fsp3) is 0.600. The molecule has 2 aliphatic heterocycles. The van der Waals surface area contributed by atoms with Gasteiger partial charge in [0.2, 0.25) is 0 Å². The summed E-state index contributed by atoms with van der Waals surface area (Å²) in [7, 11) is -2.98. The van der Waals surface area contributed by atoms with Gasteiger partial charge in [-0.25, -0.2) is 8.42 Å². The van der Waals surface area contributed by atoms with Crippen molar-refractivity contribution in [3.8, 4) is 5.75 Å². The number of nitrogens with zero attached hydrogens (tertiary/aromatic N) is 2. The molecule has 0 N–H and O–H groups in total. The molecular weight excluding hydrogens is 336 g/mol. The minimum atomic E-state index is -2.98. The van der Waals surface area contributed by atoms with Gasteiger partial charge < -0.3 is 9.47 Å². The van der Waals surface area contributed by atoms with Gasteiger partial charge in [0, 0.05) is 35.8 Å². The molecule has 3 rings (SSSR count). The van der Waals surface area contributed by atoms with E-state index < -0.39 is 14.8 Å². The molecule has 8 nitrogen and oxygen atoms in total. The lowest BCUT2D eigenvalue weighted by Crippen LogP contribution is -2.35. The van der Waals surface area contributed by atoms with E-state index in [0.29, 0.717) is 36.4 Å². The van der Waals surface area contributed by atoms with Gasteiger partial charge in [0.15, 0.2) is 16.6 Å². The highest BCUT2D eigenvalue weighted by molar-refractivity contribution is 7.91. The quantitative estimate of drug-likeness (QED) is 0.582. The summed E-state index contributed by atoms with van der Waals surface area (Å²) in [5.41, 5.74) is 1.35. The molecule has 1 aromatic rings. The Bertz CT molecular complexity index is 749. The van der Waals surface area contributed by atoms with Crippen molar-refractivity contribution in [1.29, 1.82) is 0 Å². The maximum atomic E-state index is 11.7. The molecule has 0 aromatic heterocycles. The van der Waals surface area contributed by atoms with Crippen molar-refractivity contribution >= 4 is 15.5 Å². The van der Waals surface area contributed by atoms with Crippen LogP contribution >= 0.6 is 0 Å². The molecule has 0 saturated carbocycles. The van der Waals surface area contributed by atoms with Gasteiger partial charge >= 0.3 is 0 Å². The number of benzene rings is 1. The van der Waals surface area contributed by atoms with Crippen molar-refractivity contribution in [1.82, 2.24) is 4.90 Å². The molecule has 1 atom stereocenters. The predicted octanol–water partition coefficient (Wildman–Crippen LogP) is 1.47. The summed E-state index contributed by atoms with van der Waals surface area (Å²) in [6, 6.07) is 2.92. The second kappa shape index (κ2) is 6.66. The third-order valence-corrected chi connectivity index (χ3v) is 6.24. The maximum Gasteiger partial charge on any atom is 0.270 e. The molecule has 24 heavy (non-hydrogen) atoms. The van der Waals surface area contributed by atoms with Crippen LogP contribution in [-0.4, -0.2) is 49.1 Å². The molecule has 2 heterocycles. The van der Waals surface area contributed by atoms with Crippen molar-refractivity contribution in [2.24, 2.45) is 0 Å². The smallest absolute Gasteiger partial charge is 0.270 e. The molecule has 132 valence electrons. The first-order chi connectivity index (χ1) is 11.4. The van der Waals surface area contributed by atoms with Gasteiger partial charge in [-0.05, 0) is 13.0 Å². The van der Waals surface area contributed by atoms with Crippen molar-refractivity contribution < 1.29 is 22.8 Å². The summed E-state index contributed by atoms with van der Waals surface area (Å²) in [6.07, 6.45) is 0.595. The minimum Gasteiger partial charge on any atom is -0.467 e. The Labute approximate surface area is 140 Å². The van der Waals surface area contributed by atoms with Crippen LogP contribution in [0.25, 0.3) is 0 Å². The third-order valence-electron chi connectivity index (χ3n) is 4.49. The van der Waals surface area contributed by atoms with Crippen LogP contribution < -0.4 is 4.74 Å². The molecule has 2 aliphatic rings. The molecule has 1 aromatic carbocycles. The van der Waals surface area contributed by atoms with E-state index in [9.17, 15) is 18.5 Å². The summed E-state index contributed by atoms with van der Waals surface area (Å²) in [6.45, 7) is 3.42. The van der Waals surface area contributed by atoms with E-state index in [1.54, 1.807) is 0 Å². The van der Waals surface area contributed by atoms with Crippen LogP contribution in [0.3, 0.4) is 0 Å². The highest BCUT2D eigenvalue weighted by Crippen LogP contribution is 2.34. The normalized spacial score (nSPS) is 22.2. The number of nitro groups is 1. The van der Waals surface area contributed by atoms with Crippen LogP contribution in [0.4, 0.5) is 5.69 Å². The Morgan fingerprint density at radius 1 is 1.42 bits per heavy atom. The monoisotopic (exact) mass is 356 g/mol. The van der Waals surface area contributed by atoms with Crippen LogP contribution in [-0.2, 0) is 27.7 Å². The summed E-state index contributed by atoms with van der Waals surface area (Å²) in [4.78, 5) is 12.8. The van der Waals surface area contributed by atoms with Crippen LogP contribution in [0.15, 0.2) is 12.1 Å². The zero-order chi connectivity index (χ0) is 17.3. The van der Waals surface area contributed by atoms with Crippen molar-refractivity contribution in [2.75, 3.05) is 24.8 Å². The van der Waals surface area contributed by atoms with Crippen LogP contribution in [0, 0.1) is 10.1 Å². The van der Waals surface area contributed by atoms with Gasteiger partial charge in [0.25, 0.3) is 5.69 Å². The van der Waals surface area contributed by atoms with E-state index >= 15 is 0 Å². The van der Waals surface area contributed by atoms with Gasteiger partial charge in [-0.3, -0.25) is 15.0 Å². The van der Waals surface area contributed by atoms with Gasteiger partial charge in [0.05, 0.1) is 23.0 Å². The zero-order valence-electron chi connectivity index (χ0n) is 13.4. The van der Waals surface area contributed by atoms with E-state index in [1.807, 2.05) is 11.8 Å². The summed E-state index contributed by atoms with van der Waals surface area (Å²) >= 11 is 0. The van der Waals surface area contributed by atoms with Gasteiger partial charge in [-0.2, -0.15) is 0 Å². The average Bonchev–Trinajstić information content (AvgIpc) is 2.91. The number of sulfone groups is 1. The maximum absolute atomic E-state index is 11.7. The predicted molar refractivity (Wildman–Crippen MR) is 86.5 cm³/mol. The van der Waals surface area contributed by atoms with Gasteiger partial charge in [-0.15, -0.1) is 0 Å². The molecular formula is C15H20N2O6S. The lowest BCUT2D eigenvalue weighted by atomic mass is 10.1. The minimum absolute atomic E-state index is 0.00653. The molecule has 1 fully saturated rings. The highest BCUT2D eigenvalue weighted by Gasteiger charge is 2.32. The molecule has 0 aliphatic carbocycles. The molecule has 0 bridgehead atoms. The summed E-state index contributed by atoms with van der Waals surface area (Å²) in [5.74, 6) is 0.958. The number of ether oxygens (including phenoxy) is 2. The number of nitro benzene ring substituents is 1. The largest absolute Gasteiger partial charge is 0.467 e. The van der Waals surface area contributed by atoms with Gasteiger partial charge in [-0.1, -0.05) is 6.92 Å². The summed E-state index contributed by atoms with van der Waals surface area (Å²) < 4.78 is 34.2. The Morgan fingerprint density at radius 3 is 2.83 bits per heavy atom. The topological polar surface area (TPSA) is 99.0 Å².